The van der Waals surface area contributed by atoms with Crippen LogP contribution in [-0.2, 0) is 19.1 Å². The van der Waals surface area contributed by atoms with Gasteiger partial charge in [0.15, 0.2) is 6.10 Å². The molecule has 0 amide bonds. The Labute approximate surface area is 533 Å². The first kappa shape index (κ1) is 81.8. The maximum absolute atomic E-state index is 12.4. The molecule has 0 saturated heterocycles. The number of esters is 2. The molecule has 0 aliphatic rings. The number of allylic oxidation sites excluding steroid dienone is 24. The topological polar surface area (TPSA) is 72.8 Å². The summed E-state index contributed by atoms with van der Waals surface area (Å²) in [5, 5.41) is 9.71. The molecule has 0 heterocycles. The molecule has 0 aromatic heterocycles. The van der Waals surface area contributed by atoms with Crippen molar-refractivity contribution < 1.29 is 24.2 Å². The van der Waals surface area contributed by atoms with Crippen LogP contribution in [0.4, 0.5) is 0 Å². The number of aliphatic hydroxyl groups is 1. The van der Waals surface area contributed by atoms with E-state index in [0.717, 1.165) is 116 Å². The van der Waals surface area contributed by atoms with Gasteiger partial charge in [-0.15, -0.1) is 0 Å². The van der Waals surface area contributed by atoms with Crippen LogP contribution in [0.25, 0.3) is 0 Å². The molecule has 5 nitrogen and oxygen atoms in total. The summed E-state index contributed by atoms with van der Waals surface area (Å²) >= 11 is 0. The molecule has 0 bridgehead atoms. The average molecular weight is 1190 g/mol. The van der Waals surface area contributed by atoms with Crippen molar-refractivity contribution in [1.29, 1.82) is 0 Å². The third-order valence-corrected chi connectivity index (χ3v) is 15.6. The molecule has 0 rings (SSSR count). The van der Waals surface area contributed by atoms with E-state index < -0.39 is 6.10 Å². The largest absolute Gasteiger partial charge is 0.462 e. The fraction of sp³-hybridized carbons (Fsp3) is 0.679. The summed E-state index contributed by atoms with van der Waals surface area (Å²) in [5.74, 6) is -0.589. The molecule has 0 saturated carbocycles. The van der Waals surface area contributed by atoms with Crippen LogP contribution in [0.1, 0.15) is 335 Å². The van der Waals surface area contributed by atoms with Crippen molar-refractivity contribution in [3.63, 3.8) is 0 Å². The number of aliphatic hydroxyl groups excluding tert-OH is 1. The summed E-state index contributed by atoms with van der Waals surface area (Å²) in [7, 11) is 0. The zero-order valence-corrected chi connectivity index (χ0v) is 56.3. The van der Waals surface area contributed by atoms with Gasteiger partial charge in [0.1, 0.15) is 6.61 Å². The Hall–Kier alpha value is -4.22. The van der Waals surface area contributed by atoms with Crippen LogP contribution < -0.4 is 0 Å². The van der Waals surface area contributed by atoms with Crippen LogP contribution in [0, 0.1) is 0 Å². The molecular weight excluding hydrogens is 1050 g/mol. The minimum atomic E-state index is -0.783. The van der Waals surface area contributed by atoms with E-state index in [4.69, 9.17) is 9.47 Å². The SMILES string of the molecule is CC/C=C\C/C=C\C/C=C\C/C=C\C/C=C\C/C=C\C/C=C\C/C=C\CCCCCCCCCCCCC(=O)OC(CO)COC(=O)CCCCCCCCCCCCCCCCCCCCCCCCCC/C=C\C/C=C\C/C=C\C/C=C\CC. The van der Waals surface area contributed by atoms with Gasteiger partial charge >= 0.3 is 11.9 Å². The quantitative estimate of drug-likeness (QED) is 0.0373. The number of rotatable bonds is 66. The lowest BCUT2D eigenvalue weighted by atomic mass is 10.0. The van der Waals surface area contributed by atoms with Crippen LogP contribution in [0.5, 0.6) is 0 Å². The summed E-state index contributed by atoms with van der Waals surface area (Å²) in [6.07, 6.45) is 113. The van der Waals surface area contributed by atoms with Crippen LogP contribution >= 0.6 is 0 Å². The minimum absolute atomic E-state index is 0.0709. The van der Waals surface area contributed by atoms with Crippen molar-refractivity contribution in [3.8, 4) is 0 Å². The van der Waals surface area contributed by atoms with Gasteiger partial charge in [-0.1, -0.05) is 352 Å². The molecule has 1 N–H and O–H groups in total. The van der Waals surface area contributed by atoms with Gasteiger partial charge in [-0.3, -0.25) is 9.59 Å². The van der Waals surface area contributed by atoms with E-state index >= 15 is 0 Å². The number of ether oxygens (including phenoxy) is 2. The molecule has 0 aromatic carbocycles. The van der Waals surface area contributed by atoms with Gasteiger partial charge in [-0.25, -0.2) is 0 Å². The number of unbranched alkanes of at least 4 members (excludes halogenated alkanes) is 34. The molecule has 86 heavy (non-hydrogen) atoms. The molecule has 0 aromatic rings. The molecule has 0 aliphatic heterocycles. The molecule has 0 radical (unpaired) electrons. The van der Waals surface area contributed by atoms with Gasteiger partial charge in [-0.2, -0.15) is 0 Å². The highest BCUT2D eigenvalue weighted by atomic mass is 16.6. The number of carbonyl (C=O) groups excluding carboxylic acids is 2. The maximum atomic E-state index is 12.4. The van der Waals surface area contributed by atoms with E-state index in [1.807, 2.05) is 0 Å². The first-order valence-corrected chi connectivity index (χ1v) is 36.4. The van der Waals surface area contributed by atoms with E-state index in [2.05, 4.69) is 160 Å². The van der Waals surface area contributed by atoms with Crippen molar-refractivity contribution in [1.82, 2.24) is 0 Å². The highest BCUT2D eigenvalue weighted by molar-refractivity contribution is 5.70. The van der Waals surface area contributed by atoms with E-state index in [0.29, 0.717) is 12.8 Å². The highest BCUT2D eigenvalue weighted by Crippen LogP contribution is 2.18. The lowest BCUT2D eigenvalue weighted by molar-refractivity contribution is -0.161. The van der Waals surface area contributed by atoms with Gasteiger partial charge in [0.05, 0.1) is 6.61 Å². The second-order valence-electron chi connectivity index (χ2n) is 23.9. The second-order valence-corrected chi connectivity index (χ2v) is 23.9. The van der Waals surface area contributed by atoms with E-state index in [1.54, 1.807) is 0 Å². The Morgan fingerprint density at radius 2 is 0.465 bits per heavy atom. The van der Waals surface area contributed by atoms with E-state index in [9.17, 15) is 14.7 Å². The standard InChI is InChI=1S/C81H136O5/c1-3-5-7-9-11-13-15-17-19-21-23-25-27-29-31-33-35-37-39-40-42-43-45-47-49-51-53-55-57-59-61-63-65-67-69-71-73-75-80(83)85-78-79(77-82)86-81(84)76-74-72-70-68-66-64-62-60-58-56-54-52-50-48-46-44-41-38-36-34-32-30-28-26-24-22-20-18-16-14-12-10-8-6-4-2/h5-8,11-14,17-20,23-26,30,32,36,38,44,46,50,52,79,82H,3-4,9-10,15-16,21-22,27-29,31,33-35,37,39-43,45,47-49,51,53-78H2,1-2H3/b7-5-,8-6-,13-11-,14-12-,19-17-,20-18-,25-23-,26-24-,32-30-,38-36-,46-44-,52-50-. The summed E-state index contributed by atoms with van der Waals surface area (Å²) in [6.45, 7) is 3.94. The summed E-state index contributed by atoms with van der Waals surface area (Å²) in [4.78, 5) is 24.7. The first-order valence-electron chi connectivity index (χ1n) is 36.4. The van der Waals surface area contributed by atoms with Crippen LogP contribution in [-0.4, -0.2) is 36.4 Å². The van der Waals surface area contributed by atoms with Crippen LogP contribution in [0.3, 0.4) is 0 Å². The Balaban J connectivity index is 3.48. The van der Waals surface area contributed by atoms with Crippen LogP contribution in [0.15, 0.2) is 146 Å². The van der Waals surface area contributed by atoms with E-state index in [-0.39, 0.29) is 25.2 Å². The summed E-state index contributed by atoms with van der Waals surface area (Å²) < 4.78 is 10.8. The number of carbonyl (C=O) groups is 2. The predicted molar refractivity (Wildman–Crippen MR) is 380 cm³/mol. The number of hydrogen-bond acceptors (Lipinski definition) is 5. The van der Waals surface area contributed by atoms with Gasteiger partial charge in [-0.05, 0) is 116 Å². The molecule has 0 aliphatic carbocycles. The predicted octanol–water partition coefficient (Wildman–Crippen LogP) is 25.7. The first-order chi connectivity index (χ1) is 42.6. The molecule has 490 valence electrons. The van der Waals surface area contributed by atoms with Crippen molar-refractivity contribution in [2.24, 2.45) is 0 Å². The molecule has 1 atom stereocenters. The lowest BCUT2D eigenvalue weighted by Gasteiger charge is -2.15. The normalized spacial score (nSPS) is 13.1. The molecule has 0 fully saturated rings. The Morgan fingerprint density at radius 1 is 0.267 bits per heavy atom. The fourth-order valence-electron chi connectivity index (χ4n) is 10.3. The average Bonchev–Trinajstić information content (AvgIpc) is 3.55. The zero-order chi connectivity index (χ0) is 61.9. The molecular formula is C81H136O5. The second kappa shape index (κ2) is 75.0. The summed E-state index contributed by atoms with van der Waals surface area (Å²) in [5.41, 5.74) is 0. The summed E-state index contributed by atoms with van der Waals surface area (Å²) in [6, 6.07) is 0. The van der Waals surface area contributed by atoms with Gasteiger partial charge < -0.3 is 14.6 Å². The van der Waals surface area contributed by atoms with Crippen molar-refractivity contribution in [3.05, 3.63) is 146 Å². The third-order valence-electron chi connectivity index (χ3n) is 15.6. The van der Waals surface area contributed by atoms with E-state index in [1.165, 1.54) is 193 Å². The Bertz CT molecular complexity index is 1780. The maximum Gasteiger partial charge on any atom is 0.306 e. The van der Waals surface area contributed by atoms with Crippen molar-refractivity contribution in [2.75, 3.05) is 13.2 Å². The monoisotopic (exact) mass is 1190 g/mol. The van der Waals surface area contributed by atoms with Crippen molar-refractivity contribution >= 4 is 11.9 Å². The van der Waals surface area contributed by atoms with Gasteiger partial charge in [0.25, 0.3) is 0 Å². The minimum Gasteiger partial charge on any atom is -0.462 e. The smallest absolute Gasteiger partial charge is 0.306 e. The third kappa shape index (κ3) is 72.3. The lowest BCUT2D eigenvalue weighted by Crippen LogP contribution is -2.28. The van der Waals surface area contributed by atoms with Crippen molar-refractivity contribution in [2.45, 2.75) is 341 Å². The van der Waals surface area contributed by atoms with Gasteiger partial charge in [0, 0.05) is 12.8 Å². The molecule has 5 heteroatoms. The van der Waals surface area contributed by atoms with Gasteiger partial charge in [0.2, 0.25) is 0 Å². The highest BCUT2D eigenvalue weighted by Gasteiger charge is 2.16. The Morgan fingerprint density at radius 3 is 0.698 bits per heavy atom. The van der Waals surface area contributed by atoms with Crippen LogP contribution in [0.2, 0.25) is 0 Å². The molecule has 1 unspecified atom stereocenters. The number of hydrogen-bond donors (Lipinski definition) is 1. The molecule has 0 spiro atoms. The Kier molecular flexibility index (Phi) is 71.3. The zero-order valence-electron chi connectivity index (χ0n) is 56.3. The fourth-order valence-corrected chi connectivity index (χ4v) is 10.3.